The Kier molecular flexibility index (Phi) is 2.30. The van der Waals surface area contributed by atoms with E-state index in [0.717, 1.165) is 0 Å². The van der Waals surface area contributed by atoms with E-state index in [0.29, 0.717) is 5.92 Å². The Labute approximate surface area is 89.3 Å². The fourth-order valence-corrected chi connectivity index (χ4v) is 2.43. The summed E-state index contributed by atoms with van der Waals surface area (Å²) in [4.78, 5) is 0. The minimum absolute atomic E-state index is 0. The van der Waals surface area contributed by atoms with Crippen LogP contribution in [0.5, 0.6) is 0 Å². The average molecular weight is 215 g/mol. The zero-order chi connectivity index (χ0) is 7.97. The molecule has 0 saturated heterocycles. The van der Waals surface area contributed by atoms with Crippen molar-refractivity contribution in [1.29, 1.82) is 0 Å². The largest absolute Gasteiger partial charge is 0.0732 e. The molecule has 0 aromatic rings. The maximum absolute atomic E-state index is 2.42. The molecule has 2 bridgehead atoms. The Hall–Kier alpha value is -0.534. The minimum atomic E-state index is 0. The van der Waals surface area contributed by atoms with Gasteiger partial charge in [-0.1, -0.05) is 41.5 Å². The van der Waals surface area contributed by atoms with E-state index in [1.54, 1.807) is 16.7 Å². The molecule has 0 heterocycles. The second kappa shape index (κ2) is 3.31. The molecule has 3 rings (SSSR count). The molecule has 0 unspecified atom stereocenters. The van der Waals surface area contributed by atoms with E-state index < -0.39 is 0 Å². The molecule has 1 radical (unpaired) electrons. The molecule has 0 spiro atoms. The van der Waals surface area contributed by atoms with E-state index in [2.05, 4.69) is 30.4 Å². The second-order valence-corrected chi connectivity index (χ2v) is 3.83. The third-order valence-corrected chi connectivity index (χ3v) is 3.06. The van der Waals surface area contributed by atoms with Gasteiger partial charge in [-0.2, -0.15) is 0 Å². The number of rotatable bonds is 1. The molecule has 1 saturated carbocycles. The van der Waals surface area contributed by atoms with Gasteiger partial charge in [-0.05, 0) is 24.8 Å². The standard InChI is InChI=1S/C12H12.Co/c1-2-4-10(3-1)12-8-9-5-6-11(12)7-9;/h1-4,8,10H,5-7H2;. The van der Waals surface area contributed by atoms with Crippen LogP contribution in [0.1, 0.15) is 19.3 Å². The molecule has 0 aromatic heterocycles. The molecule has 13 heavy (non-hydrogen) atoms. The fraction of sp³-hybridized carbons (Fsp3) is 0.333. The molecular weight excluding hydrogens is 203 g/mol. The summed E-state index contributed by atoms with van der Waals surface area (Å²) in [7, 11) is 0. The van der Waals surface area contributed by atoms with Crippen LogP contribution in [0.2, 0.25) is 0 Å². The SMILES string of the molecule is C1=CC(C2=C3CCC(=C2)C3)C=C1.[Co]. The molecule has 0 atom stereocenters. The average Bonchev–Trinajstić information content (AvgIpc) is 2.81. The zero-order valence-electron chi connectivity index (χ0n) is 7.42. The Balaban J connectivity index is 0.000000653. The predicted molar refractivity (Wildman–Crippen MR) is 50.7 cm³/mol. The van der Waals surface area contributed by atoms with Crippen molar-refractivity contribution < 1.29 is 16.8 Å². The molecule has 0 N–H and O–H groups in total. The van der Waals surface area contributed by atoms with Crippen LogP contribution in [-0.4, -0.2) is 0 Å². The van der Waals surface area contributed by atoms with E-state index in [1.807, 2.05) is 0 Å². The van der Waals surface area contributed by atoms with Crippen molar-refractivity contribution >= 4 is 0 Å². The summed E-state index contributed by atoms with van der Waals surface area (Å²) >= 11 is 0. The predicted octanol–water partition coefficient (Wildman–Crippen LogP) is 3.15. The zero-order valence-corrected chi connectivity index (χ0v) is 8.46. The van der Waals surface area contributed by atoms with Gasteiger partial charge in [0, 0.05) is 22.7 Å². The van der Waals surface area contributed by atoms with Crippen molar-refractivity contribution in [3.05, 3.63) is 47.1 Å². The van der Waals surface area contributed by atoms with E-state index in [9.17, 15) is 0 Å². The van der Waals surface area contributed by atoms with Gasteiger partial charge < -0.3 is 0 Å². The molecule has 1 heteroatoms. The van der Waals surface area contributed by atoms with Gasteiger partial charge in [0.1, 0.15) is 0 Å². The number of fused-ring (bicyclic) bond motifs is 2. The third-order valence-electron chi connectivity index (χ3n) is 3.06. The Morgan fingerprint density at radius 3 is 2.38 bits per heavy atom. The minimum Gasteiger partial charge on any atom is -0.0732 e. The number of allylic oxidation sites excluding steroid dienone is 8. The monoisotopic (exact) mass is 215 g/mol. The summed E-state index contributed by atoms with van der Waals surface area (Å²) in [5.41, 5.74) is 4.96. The van der Waals surface area contributed by atoms with Crippen LogP contribution in [0.15, 0.2) is 47.1 Å². The summed E-state index contributed by atoms with van der Waals surface area (Å²) in [6.07, 6.45) is 15.3. The van der Waals surface area contributed by atoms with Crippen LogP contribution in [0.4, 0.5) is 0 Å². The van der Waals surface area contributed by atoms with Crippen molar-refractivity contribution in [2.75, 3.05) is 0 Å². The molecule has 0 aliphatic heterocycles. The van der Waals surface area contributed by atoms with E-state index in [4.69, 9.17) is 0 Å². The van der Waals surface area contributed by atoms with Crippen LogP contribution < -0.4 is 0 Å². The molecular formula is C12H12Co. The summed E-state index contributed by atoms with van der Waals surface area (Å²) in [6, 6.07) is 0. The van der Waals surface area contributed by atoms with Gasteiger partial charge in [0.2, 0.25) is 0 Å². The molecule has 3 aliphatic carbocycles. The van der Waals surface area contributed by atoms with Gasteiger partial charge in [-0.3, -0.25) is 0 Å². The Bertz CT molecular complexity index is 330. The normalized spacial score (nSPS) is 24.2. The van der Waals surface area contributed by atoms with Crippen molar-refractivity contribution in [3.63, 3.8) is 0 Å². The van der Waals surface area contributed by atoms with Crippen molar-refractivity contribution in [2.45, 2.75) is 19.3 Å². The van der Waals surface area contributed by atoms with Crippen molar-refractivity contribution in [2.24, 2.45) is 5.92 Å². The topological polar surface area (TPSA) is 0 Å². The van der Waals surface area contributed by atoms with E-state index >= 15 is 0 Å². The Morgan fingerprint density at radius 2 is 1.85 bits per heavy atom. The maximum Gasteiger partial charge on any atom is 0.0204 e. The van der Waals surface area contributed by atoms with Crippen LogP contribution in [0.3, 0.4) is 0 Å². The van der Waals surface area contributed by atoms with E-state index in [1.165, 1.54) is 19.3 Å². The van der Waals surface area contributed by atoms with Crippen LogP contribution in [-0.2, 0) is 16.8 Å². The van der Waals surface area contributed by atoms with Crippen LogP contribution in [0.25, 0.3) is 0 Å². The summed E-state index contributed by atoms with van der Waals surface area (Å²) in [5, 5.41) is 0. The summed E-state index contributed by atoms with van der Waals surface area (Å²) in [5.74, 6) is 0.609. The molecule has 0 amide bonds. The molecule has 0 aromatic carbocycles. The fourth-order valence-electron chi connectivity index (χ4n) is 2.43. The van der Waals surface area contributed by atoms with Gasteiger partial charge >= 0.3 is 0 Å². The first kappa shape index (κ1) is 9.04. The molecule has 3 aliphatic rings. The van der Waals surface area contributed by atoms with E-state index in [-0.39, 0.29) is 16.8 Å². The third kappa shape index (κ3) is 1.36. The van der Waals surface area contributed by atoms with Gasteiger partial charge in [-0.25, -0.2) is 0 Å². The van der Waals surface area contributed by atoms with Gasteiger partial charge in [0.05, 0.1) is 0 Å². The molecule has 0 nitrogen and oxygen atoms in total. The first-order chi connectivity index (χ1) is 5.93. The van der Waals surface area contributed by atoms with Crippen LogP contribution >= 0.6 is 0 Å². The van der Waals surface area contributed by atoms with Crippen LogP contribution in [0, 0.1) is 5.92 Å². The van der Waals surface area contributed by atoms with Gasteiger partial charge in [0.25, 0.3) is 0 Å². The quantitative estimate of drug-likeness (QED) is 0.630. The van der Waals surface area contributed by atoms with Gasteiger partial charge in [-0.15, -0.1) is 0 Å². The molecule has 1 fully saturated rings. The van der Waals surface area contributed by atoms with Crippen molar-refractivity contribution in [1.82, 2.24) is 0 Å². The first-order valence-electron chi connectivity index (χ1n) is 4.70. The maximum atomic E-state index is 2.42. The molecule has 69 valence electrons. The number of hydrogen-bond acceptors (Lipinski definition) is 0. The van der Waals surface area contributed by atoms with Gasteiger partial charge in [0.15, 0.2) is 0 Å². The summed E-state index contributed by atoms with van der Waals surface area (Å²) < 4.78 is 0. The number of hydrogen-bond donors (Lipinski definition) is 0. The summed E-state index contributed by atoms with van der Waals surface area (Å²) in [6.45, 7) is 0. The Morgan fingerprint density at radius 1 is 1.08 bits per heavy atom. The van der Waals surface area contributed by atoms with Crippen molar-refractivity contribution in [3.8, 4) is 0 Å². The smallest absolute Gasteiger partial charge is 0.0204 e. The second-order valence-electron chi connectivity index (χ2n) is 3.83. The first-order valence-corrected chi connectivity index (χ1v) is 4.70.